The predicted molar refractivity (Wildman–Crippen MR) is 101 cm³/mol. The third-order valence-electron chi connectivity index (χ3n) is 4.11. The number of anilines is 1. The average molecular weight is 359 g/mol. The molecule has 0 spiro atoms. The highest BCUT2D eigenvalue weighted by atomic mass is 16.5. The lowest BCUT2D eigenvalue weighted by Crippen LogP contribution is -2.15. The van der Waals surface area contributed by atoms with E-state index in [2.05, 4.69) is 20.6 Å². The summed E-state index contributed by atoms with van der Waals surface area (Å²) in [4.78, 5) is 17.2. The van der Waals surface area contributed by atoms with Gasteiger partial charge in [-0.3, -0.25) is 4.79 Å². The molecule has 1 amide bonds. The second-order valence-corrected chi connectivity index (χ2v) is 6.03. The van der Waals surface area contributed by atoms with Gasteiger partial charge in [0.2, 0.25) is 5.82 Å². The minimum atomic E-state index is -0.420. The van der Waals surface area contributed by atoms with Crippen LogP contribution in [0.1, 0.15) is 22.1 Å². The van der Waals surface area contributed by atoms with Crippen molar-refractivity contribution < 1.29 is 9.32 Å². The number of nitrogens with zero attached hydrogens (tertiary/aromatic N) is 4. The molecule has 0 bridgehead atoms. The van der Waals surface area contributed by atoms with Gasteiger partial charge >= 0.3 is 0 Å². The molecule has 0 radical (unpaired) electrons. The summed E-state index contributed by atoms with van der Waals surface area (Å²) >= 11 is 0. The maximum atomic E-state index is 12.7. The maximum absolute atomic E-state index is 12.7. The first-order chi connectivity index (χ1) is 13.1. The molecule has 0 saturated carbocycles. The lowest BCUT2D eigenvalue weighted by Gasteiger charge is -2.05. The zero-order valence-corrected chi connectivity index (χ0v) is 14.9. The molecule has 2 heterocycles. The molecule has 0 unspecified atom stereocenters. The van der Waals surface area contributed by atoms with E-state index in [1.54, 1.807) is 18.5 Å². The van der Waals surface area contributed by atoms with Gasteiger partial charge in [-0.25, -0.2) is 9.67 Å². The van der Waals surface area contributed by atoms with Crippen molar-refractivity contribution in [3.05, 3.63) is 77.9 Å². The van der Waals surface area contributed by atoms with Gasteiger partial charge in [0.05, 0.1) is 5.69 Å². The molecule has 7 heteroatoms. The predicted octanol–water partition coefficient (Wildman–Crippen LogP) is 3.79. The Hall–Kier alpha value is -3.74. The minimum absolute atomic E-state index is 0.0673. The summed E-state index contributed by atoms with van der Waals surface area (Å²) in [5.74, 6) is 0.770. The molecule has 0 fully saturated rings. The Morgan fingerprint density at radius 3 is 2.30 bits per heavy atom. The second-order valence-electron chi connectivity index (χ2n) is 6.03. The van der Waals surface area contributed by atoms with E-state index in [0.29, 0.717) is 23.0 Å². The Labute approximate surface area is 155 Å². The van der Waals surface area contributed by atoms with E-state index in [1.807, 2.05) is 60.7 Å². The maximum Gasteiger partial charge on any atom is 0.295 e. The van der Waals surface area contributed by atoms with Crippen LogP contribution < -0.4 is 5.32 Å². The number of aromatic nitrogens is 4. The first kappa shape index (κ1) is 16.7. The van der Waals surface area contributed by atoms with Gasteiger partial charge in [0.15, 0.2) is 11.6 Å². The summed E-state index contributed by atoms with van der Waals surface area (Å²) < 4.78 is 6.75. The van der Waals surface area contributed by atoms with Crippen LogP contribution in [0.3, 0.4) is 0 Å². The van der Waals surface area contributed by atoms with Crippen molar-refractivity contribution in [2.45, 2.75) is 13.8 Å². The van der Waals surface area contributed by atoms with Crippen LogP contribution >= 0.6 is 0 Å². The highest BCUT2D eigenvalue weighted by Gasteiger charge is 2.21. The standard InChI is InChI=1S/C20H17N5O2/c1-13-17(14(2)27-24-13)21-20(26)18-22-19(15-9-5-3-6-10-15)25(23-18)16-11-7-4-8-12-16/h3-12H,1-2H3,(H,21,26). The molecular formula is C20H17N5O2. The summed E-state index contributed by atoms with van der Waals surface area (Å²) in [6.07, 6.45) is 0. The Bertz CT molecular complexity index is 1010. The Balaban J connectivity index is 1.76. The Kier molecular flexibility index (Phi) is 4.25. The lowest BCUT2D eigenvalue weighted by molar-refractivity contribution is 0.101. The topological polar surface area (TPSA) is 85.8 Å². The van der Waals surface area contributed by atoms with Crippen LogP contribution in [0.25, 0.3) is 17.1 Å². The fourth-order valence-corrected chi connectivity index (χ4v) is 2.76. The number of para-hydroxylation sites is 1. The Morgan fingerprint density at radius 2 is 1.67 bits per heavy atom. The summed E-state index contributed by atoms with van der Waals surface area (Å²) in [7, 11) is 0. The van der Waals surface area contributed by atoms with E-state index < -0.39 is 5.91 Å². The first-order valence-electron chi connectivity index (χ1n) is 8.45. The van der Waals surface area contributed by atoms with Gasteiger partial charge < -0.3 is 9.84 Å². The average Bonchev–Trinajstić information content (AvgIpc) is 3.29. The van der Waals surface area contributed by atoms with Gasteiger partial charge in [-0.1, -0.05) is 53.7 Å². The summed E-state index contributed by atoms with van der Waals surface area (Å²) in [5.41, 5.74) is 2.83. The van der Waals surface area contributed by atoms with Gasteiger partial charge in [0, 0.05) is 5.56 Å². The highest BCUT2D eigenvalue weighted by Crippen LogP contribution is 2.23. The monoisotopic (exact) mass is 359 g/mol. The molecule has 2 aromatic carbocycles. The summed E-state index contributed by atoms with van der Waals surface area (Å²) in [6, 6.07) is 19.2. The van der Waals surface area contributed by atoms with E-state index >= 15 is 0 Å². The van der Waals surface area contributed by atoms with E-state index in [0.717, 1.165) is 11.3 Å². The number of nitrogens with one attached hydrogen (secondary N) is 1. The highest BCUT2D eigenvalue weighted by molar-refractivity contribution is 6.02. The zero-order valence-electron chi connectivity index (χ0n) is 14.9. The van der Waals surface area contributed by atoms with Crippen LogP contribution in [0.15, 0.2) is 65.2 Å². The van der Waals surface area contributed by atoms with Crippen molar-refractivity contribution in [3.8, 4) is 17.1 Å². The number of rotatable bonds is 4. The van der Waals surface area contributed by atoms with E-state index in [4.69, 9.17) is 4.52 Å². The molecule has 7 nitrogen and oxygen atoms in total. The van der Waals surface area contributed by atoms with Crippen molar-refractivity contribution in [1.29, 1.82) is 0 Å². The van der Waals surface area contributed by atoms with E-state index in [-0.39, 0.29) is 5.82 Å². The third kappa shape index (κ3) is 3.22. The number of carbonyl (C=O) groups excluding carboxylic acids is 1. The van der Waals surface area contributed by atoms with Crippen molar-refractivity contribution in [2.24, 2.45) is 0 Å². The molecule has 134 valence electrons. The largest absolute Gasteiger partial charge is 0.359 e. The third-order valence-corrected chi connectivity index (χ3v) is 4.11. The zero-order chi connectivity index (χ0) is 18.8. The van der Waals surface area contributed by atoms with Crippen molar-refractivity contribution in [3.63, 3.8) is 0 Å². The quantitative estimate of drug-likeness (QED) is 0.599. The van der Waals surface area contributed by atoms with E-state index in [1.165, 1.54) is 0 Å². The number of benzene rings is 2. The number of hydrogen-bond donors (Lipinski definition) is 1. The van der Waals surface area contributed by atoms with Crippen LogP contribution in [0, 0.1) is 13.8 Å². The van der Waals surface area contributed by atoms with E-state index in [9.17, 15) is 4.79 Å². The summed E-state index contributed by atoms with van der Waals surface area (Å²) in [5, 5.41) is 11.1. The van der Waals surface area contributed by atoms with Gasteiger partial charge in [-0.2, -0.15) is 0 Å². The molecule has 0 atom stereocenters. The number of carbonyl (C=O) groups is 1. The minimum Gasteiger partial charge on any atom is -0.359 e. The molecule has 1 N–H and O–H groups in total. The van der Waals surface area contributed by atoms with Gasteiger partial charge in [0.25, 0.3) is 5.91 Å². The second kappa shape index (κ2) is 6.87. The lowest BCUT2D eigenvalue weighted by atomic mass is 10.2. The van der Waals surface area contributed by atoms with Crippen LogP contribution in [0.2, 0.25) is 0 Å². The smallest absolute Gasteiger partial charge is 0.295 e. The molecule has 0 saturated heterocycles. The molecular weight excluding hydrogens is 342 g/mol. The van der Waals surface area contributed by atoms with Gasteiger partial charge in [-0.15, -0.1) is 5.10 Å². The Morgan fingerprint density at radius 1 is 1.00 bits per heavy atom. The molecule has 0 aliphatic rings. The van der Waals surface area contributed by atoms with Crippen molar-refractivity contribution >= 4 is 11.6 Å². The van der Waals surface area contributed by atoms with Gasteiger partial charge in [-0.05, 0) is 26.0 Å². The van der Waals surface area contributed by atoms with Crippen LogP contribution in [-0.4, -0.2) is 25.8 Å². The number of aryl methyl sites for hydroxylation is 2. The SMILES string of the molecule is Cc1noc(C)c1NC(=O)c1nc(-c2ccccc2)n(-c2ccccc2)n1. The molecule has 2 aromatic heterocycles. The van der Waals surface area contributed by atoms with Gasteiger partial charge in [0.1, 0.15) is 11.4 Å². The van der Waals surface area contributed by atoms with Crippen LogP contribution in [0.4, 0.5) is 5.69 Å². The molecule has 27 heavy (non-hydrogen) atoms. The molecule has 0 aliphatic heterocycles. The summed E-state index contributed by atoms with van der Waals surface area (Å²) in [6.45, 7) is 3.50. The van der Waals surface area contributed by atoms with Crippen molar-refractivity contribution in [1.82, 2.24) is 19.9 Å². The number of amides is 1. The van der Waals surface area contributed by atoms with Crippen LogP contribution in [0.5, 0.6) is 0 Å². The van der Waals surface area contributed by atoms with Crippen molar-refractivity contribution in [2.75, 3.05) is 5.32 Å². The molecule has 0 aliphatic carbocycles. The molecule has 4 rings (SSSR count). The first-order valence-corrected chi connectivity index (χ1v) is 8.45. The van der Waals surface area contributed by atoms with Crippen LogP contribution in [-0.2, 0) is 0 Å². The fourth-order valence-electron chi connectivity index (χ4n) is 2.76. The molecule has 4 aromatic rings. The number of hydrogen-bond acceptors (Lipinski definition) is 5. The fraction of sp³-hybridized carbons (Fsp3) is 0.100. The normalized spacial score (nSPS) is 10.7.